The minimum atomic E-state index is -0.0114. The van der Waals surface area contributed by atoms with Crippen LogP contribution in [0.4, 0.5) is 0 Å². The molecule has 0 aliphatic heterocycles. The van der Waals surface area contributed by atoms with E-state index in [0.29, 0.717) is 6.61 Å². The number of unbranched alkanes of at least 4 members (excludes halogenated alkanes) is 1. The summed E-state index contributed by atoms with van der Waals surface area (Å²) in [5.74, 6) is 0. The highest BCUT2D eigenvalue weighted by atomic mass is 16.5. The van der Waals surface area contributed by atoms with Gasteiger partial charge in [0, 0.05) is 13.2 Å². The number of hydrogen-bond acceptors (Lipinski definition) is 2. The first-order chi connectivity index (χ1) is 12.9. The predicted molar refractivity (Wildman–Crippen MR) is 106 cm³/mol. The maximum absolute atomic E-state index is 6.22. The Hall–Kier alpha value is -2.42. The smallest absolute Gasteiger partial charge is 0.108 e. The van der Waals surface area contributed by atoms with Crippen LogP contribution < -0.4 is 0 Å². The molecule has 0 radical (unpaired) electrons. The molecule has 0 spiro atoms. The highest BCUT2D eigenvalue weighted by Crippen LogP contribution is 2.25. The number of benzene rings is 3. The van der Waals surface area contributed by atoms with Crippen molar-refractivity contribution in [1.82, 2.24) is 0 Å². The van der Waals surface area contributed by atoms with Gasteiger partial charge >= 0.3 is 0 Å². The Labute approximate surface area is 156 Å². The molecule has 3 rings (SSSR count). The van der Waals surface area contributed by atoms with Crippen LogP contribution in [0, 0.1) is 0 Å². The molecule has 0 saturated heterocycles. The molecule has 0 atom stereocenters. The topological polar surface area (TPSA) is 18.5 Å². The first-order valence-corrected chi connectivity index (χ1v) is 9.26. The van der Waals surface area contributed by atoms with Crippen LogP contribution in [0.1, 0.15) is 35.6 Å². The van der Waals surface area contributed by atoms with E-state index in [1.807, 2.05) is 30.3 Å². The lowest BCUT2D eigenvalue weighted by Gasteiger charge is -2.19. The Morgan fingerprint density at radius 3 is 1.65 bits per heavy atom. The van der Waals surface area contributed by atoms with E-state index in [-0.39, 0.29) is 6.10 Å². The van der Waals surface area contributed by atoms with E-state index >= 15 is 0 Å². The van der Waals surface area contributed by atoms with Crippen molar-refractivity contribution >= 4 is 0 Å². The molecule has 26 heavy (non-hydrogen) atoms. The summed E-state index contributed by atoms with van der Waals surface area (Å²) in [6.45, 7) is 2.17. The first kappa shape index (κ1) is 18.4. The van der Waals surface area contributed by atoms with Crippen LogP contribution in [0.3, 0.4) is 0 Å². The van der Waals surface area contributed by atoms with Crippen molar-refractivity contribution in [1.29, 1.82) is 0 Å². The van der Waals surface area contributed by atoms with Gasteiger partial charge in [-0.25, -0.2) is 0 Å². The van der Waals surface area contributed by atoms with Crippen LogP contribution in [0.2, 0.25) is 0 Å². The summed E-state index contributed by atoms with van der Waals surface area (Å²) in [5.41, 5.74) is 3.61. The van der Waals surface area contributed by atoms with E-state index in [4.69, 9.17) is 9.47 Å². The summed E-state index contributed by atoms with van der Waals surface area (Å²) in [5, 5.41) is 0. The van der Waals surface area contributed by atoms with Crippen LogP contribution >= 0.6 is 0 Å². The zero-order valence-corrected chi connectivity index (χ0v) is 15.1. The van der Waals surface area contributed by atoms with Crippen LogP contribution in [0.5, 0.6) is 0 Å². The molecular formula is C24H26O2. The summed E-state index contributed by atoms with van der Waals surface area (Å²) < 4.78 is 12.0. The standard InChI is InChI=1S/C24H26O2/c1-4-12-21(13-5-1)20-25-18-10-11-19-26-24(22-14-6-2-7-15-22)23-16-8-3-9-17-23/h1-9,12-17,24H,10-11,18-20H2. The van der Waals surface area contributed by atoms with Gasteiger partial charge < -0.3 is 9.47 Å². The maximum atomic E-state index is 6.22. The van der Waals surface area contributed by atoms with E-state index in [0.717, 1.165) is 26.1 Å². The van der Waals surface area contributed by atoms with Gasteiger partial charge in [0.1, 0.15) is 6.10 Å². The van der Waals surface area contributed by atoms with Gasteiger partial charge in [0.25, 0.3) is 0 Å². The van der Waals surface area contributed by atoms with E-state index in [1.54, 1.807) is 0 Å². The van der Waals surface area contributed by atoms with Crippen LogP contribution in [0.15, 0.2) is 91.0 Å². The first-order valence-electron chi connectivity index (χ1n) is 9.26. The summed E-state index contributed by atoms with van der Waals surface area (Å²) in [4.78, 5) is 0. The van der Waals surface area contributed by atoms with Gasteiger partial charge in [-0.15, -0.1) is 0 Å². The highest BCUT2D eigenvalue weighted by Gasteiger charge is 2.13. The summed E-state index contributed by atoms with van der Waals surface area (Å²) in [7, 11) is 0. The van der Waals surface area contributed by atoms with Gasteiger partial charge in [0.2, 0.25) is 0 Å². The Bertz CT molecular complexity index is 686. The highest BCUT2D eigenvalue weighted by molar-refractivity contribution is 5.29. The molecule has 2 nitrogen and oxygen atoms in total. The predicted octanol–water partition coefficient (Wildman–Crippen LogP) is 5.79. The second-order valence-electron chi connectivity index (χ2n) is 6.32. The normalized spacial score (nSPS) is 11.0. The molecule has 0 unspecified atom stereocenters. The molecule has 3 aromatic carbocycles. The van der Waals surface area contributed by atoms with Crippen LogP contribution in [-0.2, 0) is 16.1 Å². The van der Waals surface area contributed by atoms with Gasteiger partial charge in [-0.3, -0.25) is 0 Å². The number of hydrogen-bond donors (Lipinski definition) is 0. The van der Waals surface area contributed by atoms with Crippen molar-refractivity contribution in [3.8, 4) is 0 Å². The molecule has 0 amide bonds. The number of ether oxygens (including phenoxy) is 2. The van der Waals surface area contributed by atoms with E-state index in [9.17, 15) is 0 Å². The summed E-state index contributed by atoms with van der Waals surface area (Å²) >= 11 is 0. The Kier molecular flexibility index (Phi) is 7.45. The van der Waals surface area contributed by atoms with Crippen molar-refractivity contribution in [2.45, 2.75) is 25.6 Å². The maximum Gasteiger partial charge on any atom is 0.108 e. The zero-order chi connectivity index (χ0) is 17.9. The largest absolute Gasteiger partial charge is 0.377 e. The minimum absolute atomic E-state index is 0.0114. The molecular weight excluding hydrogens is 320 g/mol. The molecule has 0 aliphatic rings. The molecule has 134 valence electrons. The molecule has 0 aliphatic carbocycles. The fourth-order valence-corrected chi connectivity index (χ4v) is 2.91. The lowest BCUT2D eigenvalue weighted by molar-refractivity contribution is 0.0651. The molecule has 0 aromatic heterocycles. The summed E-state index contributed by atoms with van der Waals surface area (Å²) in [6.07, 6.45) is 1.98. The third-order valence-electron chi connectivity index (χ3n) is 4.28. The Morgan fingerprint density at radius 2 is 1.08 bits per heavy atom. The molecule has 0 heterocycles. The zero-order valence-electron chi connectivity index (χ0n) is 15.1. The summed E-state index contributed by atoms with van der Waals surface area (Å²) in [6, 6.07) is 31.1. The van der Waals surface area contributed by atoms with E-state index < -0.39 is 0 Å². The molecule has 0 saturated carbocycles. The van der Waals surface area contributed by atoms with Crippen molar-refractivity contribution in [3.05, 3.63) is 108 Å². The van der Waals surface area contributed by atoms with E-state index in [2.05, 4.69) is 60.7 Å². The van der Waals surface area contributed by atoms with Gasteiger partial charge in [0.05, 0.1) is 6.61 Å². The molecule has 0 N–H and O–H groups in total. The monoisotopic (exact) mass is 346 g/mol. The third kappa shape index (κ3) is 5.83. The van der Waals surface area contributed by atoms with Crippen LogP contribution in [-0.4, -0.2) is 13.2 Å². The van der Waals surface area contributed by atoms with Gasteiger partial charge in [-0.05, 0) is 29.5 Å². The van der Waals surface area contributed by atoms with E-state index in [1.165, 1.54) is 16.7 Å². The van der Waals surface area contributed by atoms with Gasteiger partial charge in [-0.1, -0.05) is 91.0 Å². The second-order valence-corrected chi connectivity index (χ2v) is 6.32. The second kappa shape index (κ2) is 10.5. The average molecular weight is 346 g/mol. The van der Waals surface area contributed by atoms with Crippen LogP contribution in [0.25, 0.3) is 0 Å². The Balaban J connectivity index is 1.42. The Morgan fingerprint density at radius 1 is 0.577 bits per heavy atom. The minimum Gasteiger partial charge on any atom is -0.377 e. The van der Waals surface area contributed by atoms with Crippen molar-refractivity contribution < 1.29 is 9.47 Å². The lowest BCUT2D eigenvalue weighted by atomic mass is 10.0. The molecule has 0 fully saturated rings. The SMILES string of the molecule is c1ccc(COCCCCOC(c2ccccc2)c2ccccc2)cc1. The fourth-order valence-electron chi connectivity index (χ4n) is 2.91. The molecule has 3 aromatic rings. The van der Waals surface area contributed by atoms with Gasteiger partial charge in [-0.2, -0.15) is 0 Å². The van der Waals surface area contributed by atoms with Crippen molar-refractivity contribution in [3.63, 3.8) is 0 Å². The molecule has 0 bridgehead atoms. The van der Waals surface area contributed by atoms with Gasteiger partial charge in [0.15, 0.2) is 0 Å². The fraction of sp³-hybridized carbons (Fsp3) is 0.250. The average Bonchev–Trinajstić information content (AvgIpc) is 2.72. The molecule has 2 heteroatoms. The number of rotatable bonds is 10. The lowest BCUT2D eigenvalue weighted by Crippen LogP contribution is -2.08. The quantitative estimate of drug-likeness (QED) is 0.433. The van der Waals surface area contributed by atoms with Crippen molar-refractivity contribution in [2.75, 3.05) is 13.2 Å². The third-order valence-corrected chi connectivity index (χ3v) is 4.28. The van der Waals surface area contributed by atoms with Crippen molar-refractivity contribution in [2.24, 2.45) is 0 Å².